The van der Waals surface area contributed by atoms with Crippen molar-refractivity contribution < 1.29 is 14.3 Å². The lowest BCUT2D eigenvalue weighted by Crippen LogP contribution is -2.24. The molecule has 1 aliphatic carbocycles. The Kier molecular flexibility index (Phi) is 2.34. The predicted molar refractivity (Wildman–Crippen MR) is 59.7 cm³/mol. The molecule has 0 unspecified atom stereocenters. The minimum atomic E-state index is -0.584. The zero-order chi connectivity index (χ0) is 11.9. The van der Waals surface area contributed by atoms with E-state index in [0.29, 0.717) is 23.1 Å². The minimum absolute atomic E-state index is 0.0441. The van der Waals surface area contributed by atoms with Crippen molar-refractivity contribution in [2.24, 2.45) is 0 Å². The van der Waals surface area contributed by atoms with Crippen molar-refractivity contribution in [1.82, 2.24) is 0 Å². The molecule has 0 atom stereocenters. The largest absolute Gasteiger partial charge is 0.490 e. The summed E-state index contributed by atoms with van der Waals surface area (Å²) < 4.78 is 5.47. The number of aldehydes is 1. The average Bonchev–Trinajstić information content (AvgIpc) is 2.48. The van der Waals surface area contributed by atoms with Gasteiger partial charge in [-0.1, -0.05) is 6.08 Å². The maximum absolute atomic E-state index is 12.0. The van der Waals surface area contributed by atoms with Crippen molar-refractivity contribution in [3.05, 3.63) is 34.6 Å². The molecule has 3 heteroatoms. The molecular formula is C13H14O3. The fourth-order valence-corrected chi connectivity index (χ4v) is 2.15. The Labute approximate surface area is 94.5 Å². The highest BCUT2D eigenvalue weighted by atomic mass is 16.5. The first kappa shape index (κ1) is 10.9. The molecule has 2 rings (SSSR count). The van der Waals surface area contributed by atoms with E-state index >= 15 is 0 Å². The molecule has 0 radical (unpaired) electrons. The highest BCUT2D eigenvalue weighted by Crippen LogP contribution is 2.39. The Morgan fingerprint density at radius 2 is 2.12 bits per heavy atom. The molecule has 0 amide bonds. The summed E-state index contributed by atoms with van der Waals surface area (Å²) in [7, 11) is 0. The Morgan fingerprint density at radius 1 is 1.44 bits per heavy atom. The number of ether oxygens (including phenoxy) is 1. The first-order valence-electron chi connectivity index (χ1n) is 5.26. The van der Waals surface area contributed by atoms with Gasteiger partial charge in [0.15, 0.2) is 5.78 Å². The smallest absolute Gasteiger partial charge is 0.191 e. The van der Waals surface area contributed by atoms with Crippen LogP contribution in [0.25, 0.3) is 0 Å². The Balaban J connectivity index is 2.63. The van der Waals surface area contributed by atoms with Gasteiger partial charge in [0, 0.05) is 11.1 Å². The van der Waals surface area contributed by atoms with E-state index < -0.39 is 5.60 Å². The molecule has 0 aromatic carbocycles. The van der Waals surface area contributed by atoms with Gasteiger partial charge in [0.1, 0.15) is 11.9 Å². The van der Waals surface area contributed by atoms with Crippen molar-refractivity contribution in [2.75, 3.05) is 0 Å². The van der Waals surface area contributed by atoms with E-state index in [9.17, 15) is 9.59 Å². The SMILES string of the molecule is CC1=CCC(C=O)=C2C(=COC2(C)C)C1=O. The molecule has 0 aromatic rings. The summed E-state index contributed by atoms with van der Waals surface area (Å²) in [5.74, 6) is -0.0441. The first-order chi connectivity index (χ1) is 7.47. The van der Waals surface area contributed by atoms with E-state index in [1.54, 1.807) is 13.0 Å². The number of ketones is 1. The van der Waals surface area contributed by atoms with Gasteiger partial charge in [0.05, 0.1) is 11.8 Å². The molecule has 1 aliphatic heterocycles. The summed E-state index contributed by atoms with van der Waals surface area (Å²) >= 11 is 0. The van der Waals surface area contributed by atoms with Crippen LogP contribution in [0.1, 0.15) is 27.2 Å². The number of hydrogen-bond acceptors (Lipinski definition) is 3. The van der Waals surface area contributed by atoms with Crippen LogP contribution in [-0.2, 0) is 14.3 Å². The van der Waals surface area contributed by atoms with Crippen LogP contribution in [0, 0.1) is 0 Å². The van der Waals surface area contributed by atoms with Gasteiger partial charge in [0.25, 0.3) is 0 Å². The molecule has 1 heterocycles. The van der Waals surface area contributed by atoms with E-state index in [1.165, 1.54) is 6.26 Å². The molecule has 0 N–H and O–H groups in total. The van der Waals surface area contributed by atoms with E-state index in [2.05, 4.69) is 0 Å². The highest BCUT2D eigenvalue weighted by Gasteiger charge is 2.39. The van der Waals surface area contributed by atoms with Gasteiger partial charge in [-0.3, -0.25) is 9.59 Å². The van der Waals surface area contributed by atoms with E-state index in [-0.39, 0.29) is 5.78 Å². The van der Waals surface area contributed by atoms with Gasteiger partial charge >= 0.3 is 0 Å². The zero-order valence-corrected chi connectivity index (χ0v) is 9.66. The molecule has 84 valence electrons. The van der Waals surface area contributed by atoms with Crippen molar-refractivity contribution >= 4 is 12.1 Å². The third kappa shape index (κ3) is 1.43. The molecule has 16 heavy (non-hydrogen) atoms. The van der Waals surface area contributed by atoms with E-state index in [0.717, 1.165) is 11.9 Å². The summed E-state index contributed by atoms with van der Waals surface area (Å²) in [4.78, 5) is 23.1. The van der Waals surface area contributed by atoms with Crippen LogP contribution in [0.4, 0.5) is 0 Å². The van der Waals surface area contributed by atoms with Gasteiger partial charge in [-0.2, -0.15) is 0 Å². The number of carbonyl (C=O) groups excluding carboxylic acids is 2. The van der Waals surface area contributed by atoms with Gasteiger partial charge in [-0.15, -0.1) is 0 Å². The maximum atomic E-state index is 12.0. The second-order valence-corrected chi connectivity index (χ2v) is 4.60. The number of allylic oxidation sites excluding steroid dienone is 3. The average molecular weight is 218 g/mol. The Hall–Kier alpha value is -1.64. The lowest BCUT2D eigenvalue weighted by molar-refractivity contribution is -0.112. The molecule has 0 spiro atoms. The maximum Gasteiger partial charge on any atom is 0.191 e. The van der Waals surface area contributed by atoms with Crippen LogP contribution in [0.5, 0.6) is 0 Å². The number of fused-ring (bicyclic) bond motifs is 1. The van der Waals surface area contributed by atoms with Gasteiger partial charge in [0.2, 0.25) is 0 Å². The first-order valence-corrected chi connectivity index (χ1v) is 5.26. The molecule has 0 bridgehead atoms. The number of rotatable bonds is 1. The van der Waals surface area contributed by atoms with Crippen LogP contribution in [0.15, 0.2) is 34.6 Å². The molecule has 0 fully saturated rings. The van der Waals surface area contributed by atoms with Crippen LogP contribution in [0.2, 0.25) is 0 Å². The summed E-state index contributed by atoms with van der Waals surface area (Å²) in [5.41, 5.74) is 1.99. The van der Waals surface area contributed by atoms with Crippen LogP contribution in [-0.4, -0.2) is 17.7 Å². The van der Waals surface area contributed by atoms with Crippen molar-refractivity contribution in [1.29, 1.82) is 0 Å². The third-order valence-corrected chi connectivity index (χ3v) is 3.04. The summed E-state index contributed by atoms with van der Waals surface area (Å²) in [6.45, 7) is 5.49. The molecule has 2 aliphatic rings. The minimum Gasteiger partial charge on any atom is -0.490 e. The lowest BCUT2D eigenvalue weighted by Gasteiger charge is -2.22. The number of carbonyl (C=O) groups is 2. The van der Waals surface area contributed by atoms with Crippen LogP contribution in [0.3, 0.4) is 0 Å². The van der Waals surface area contributed by atoms with Gasteiger partial charge in [-0.25, -0.2) is 0 Å². The van der Waals surface area contributed by atoms with E-state index in [1.807, 2.05) is 13.8 Å². The summed E-state index contributed by atoms with van der Waals surface area (Å²) in [6.07, 6.45) is 4.60. The summed E-state index contributed by atoms with van der Waals surface area (Å²) in [6, 6.07) is 0. The van der Waals surface area contributed by atoms with E-state index in [4.69, 9.17) is 4.74 Å². The normalized spacial score (nSPS) is 23.1. The van der Waals surface area contributed by atoms with Crippen molar-refractivity contribution in [3.63, 3.8) is 0 Å². The highest BCUT2D eigenvalue weighted by molar-refractivity contribution is 6.13. The predicted octanol–water partition coefficient (Wildman–Crippen LogP) is 2.09. The third-order valence-electron chi connectivity index (χ3n) is 3.04. The quantitative estimate of drug-likeness (QED) is 0.633. The fraction of sp³-hybridized carbons (Fsp3) is 0.385. The molecule has 0 saturated carbocycles. The van der Waals surface area contributed by atoms with Gasteiger partial charge in [-0.05, 0) is 32.8 Å². The fourth-order valence-electron chi connectivity index (χ4n) is 2.15. The number of hydrogen-bond donors (Lipinski definition) is 0. The monoisotopic (exact) mass is 218 g/mol. The lowest BCUT2D eigenvalue weighted by atomic mass is 9.87. The molecular weight excluding hydrogens is 204 g/mol. The van der Waals surface area contributed by atoms with Crippen molar-refractivity contribution in [2.45, 2.75) is 32.8 Å². The second-order valence-electron chi connectivity index (χ2n) is 4.60. The summed E-state index contributed by atoms with van der Waals surface area (Å²) in [5, 5.41) is 0. The molecule has 0 aromatic heterocycles. The van der Waals surface area contributed by atoms with Crippen LogP contribution < -0.4 is 0 Å². The van der Waals surface area contributed by atoms with Crippen molar-refractivity contribution in [3.8, 4) is 0 Å². The molecule has 0 saturated heterocycles. The zero-order valence-electron chi connectivity index (χ0n) is 9.66. The topological polar surface area (TPSA) is 43.4 Å². The Bertz CT molecular complexity index is 462. The molecule has 3 nitrogen and oxygen atoms in total. The van der Waals surface area contributed by atoms with Gasteiger partial charge < -0.3 is 4.74 Å². The Morgan fingerprint density at radius 3 is 2.75 bits per heavy atom. The van der Waals surface area contributed by atoms with Crippen LogP contribution >= 0.6 is 0 Å². The standard InChI is InChI=1S/C13H14O3/c1-8-4-5-9(6-14)11-10(12(8)15)7-16-13(11,2)3/h4,6-7H,5H2,1-3H3. The number of Topliss-reactive ketones (excluding diaryl/α,β-unsaturated/α-hetero) is 1. The second kappa shape index (κ2) is 3.44.